The third kappa shape index (κ3) is 9.27. The Labute approximate surface area is 324 Å². The second kappa shape index (κ2) is 15.5. The van der Waals surface area contributed by atoms with Crippen molar-refractivity contribution < 1.29 is 19.1 Å². The maximum Gasteiger partial charge on any atom is 0.410 e. The molecule has 2 saturated heterocycles. The molecule has 0 saturated carbocycles. The van der Waals surface area contributed by atoms with Crippen LogP contribution in [-0.4, -0.2) is 66.2 Å². The van der Waals surface area contributed by atoms with E-state index in [0.29, 0.717) is 48.0 Å². The molecule has 286 valence electrons. The number of rotatable bonds is 5. The zero-order chi connectivity index (χ0) is 38.9. The van der Waals surface area contributed by atoms with Gasteiger partial charge in [-0.15, -0.1) is 0 Å². The highest BCUT2D eigenvalue weighted by molar-refractivity contribution is 6.31. The van der Waals surface area contributed by atoms with Gasteiger partial charge in [0.05, 0.1) is 29.7 Å². The Bertz CT molecular complexity index is 2000. The number of nitrogens with zero attached hydrogens (tertiary/aromatic N) is 4. The molecule has 6 rings (SSSR count). The first-order chi connectivity index (χ1) is 25.4. The molecule has 0 unspecified atom stereocenters. The Morgan fingerprint density at radius 2 is 1.39 bits per heavy atom. The van der Waals surface area contributed by atoms with Gasteiger partial charge in [-0.1, -0.05) is 86.7 Å². The standard InChI is InChI=1S/C43H53ClN6O4/c1-26-14-15-31(36-37(44)48-39(47-36)35-22-28(3)25-50(35)41(52)54-43(7,8)9)12-10-11-13-32(20-26)29-16-18-30(19-17-29)33-23-45-38(46-33)34-21-27(2)24-49(34)40(51)53-42(4,5)6/h11-20,23,27-28,34-35H,1,10,21-22,24-25H2,2-9H3,(H,45,46)(H,47,48)/b13-11-,15-14-,31-12+,32-20+/t27-,28-,34-,35-/m0/s1. The van der Waals surface area contributed by atoms with Gasteiger partial charge in [0, 0.05) is 13.1 Å². The second-order valence-electron chi connectivity index (χ2n) is 16.8. The summed E-state index contributed by atoms with van der Waals surface area (Å²) in [7, 11) is 0. The van der Waals surface area contributed by atoms with Crippen LogP contribution >= 0.6 is 11.6 Å². The Morgan fingerprint density at radius 3 is 1.98 bits per heavy atom. The smallest absolute Gasteiger partial charge is 0.410 e. The quantitative estimate of drug-likeness (QED) is 0.268. The van der Waals surface area contributed by atoms with Gasteiger partial charge >= 0.3 is 12.2 Å². The van der Waals surface area contributed by atoms with Crippen molar-refractivity contribution in [3.05, 3.63) is 107 Å². The topological polar surface area (TPSA) is 116 Å². The number of ether oxygens (including phenoxy) is 2. The number of aromatic nitrogens is 4. The average molecular weight is 753 g/mol. The fourth-order valence-electron chi connectivity index (χ4n) is 7.18. The van der Waals surface area contributed by atoms with Crippen molar-refractivity contribution in [1.82, 2.24) is 29.7 Å². The SMILES string of the molecule is C=C1/C=C\C(c2[nH]c([C@@H]3C[C@H](C)CN3C(=O)OC(C)(C)C)nc2Cl)=C/C/C=C\C(c2ccc(-c3cnc([C@@H]4C[C@H](C)CN4C(=O)OC(C)(C)C)[nH]3)cc2)=C/1. The maximum atomic E-state index is 13.1. The van der Waals surface area contributed by atoms with E-state index in [1.54, 1.807) is 9.80 Å². The van der Waals surface area contributed by atoms with Crippen LogP contribution in [0.15, 0.2) is 79.1 Å². The molecule has 4 heterocycles. The molecule has 0 bridgehead atoms. The summed E-state index contributed by atoms with van der Waals surface area (Å²) in [5, 5.41) is 0.357. The molecule has 0 spiro atoms. The highest BCUT2D eigenvalue weighted by atomic mass is 35.5. The van der Waals surface area contributed by atoms with Crippen LogP contribution in [0.2, 0.25) is 5.15 Å². The molecule has 3 aromatic rings. The van der Waals surface area contributed by atoms with Crippen LogP contribution in [0.5, 0.6) is 0 Å². The predicted molar refractivity (Wildman–Crippen MR) is 215 cm³/mol. The number of carbonyl (C=O) groups is 2. The highest BCUT2D eigenvalue weighted by Gasteiger charge is 2.40. The zero-order valence-electron chi connectivity index (χ0n) is 32.7. The molecule has 54 heavy (non-hydrogen) atoms. The van der Waals surface area contributed by atoms with Gasteiger partial charge in [-0.3, -0.25) is 9.80 Å². The lowest BCUT2D eigenvalue weighted by molar-refractivity contribution is 0.0204. The molecular weight excluding hydrogens is 700 g/mol. The lowest BCUT2D eigenvalue weighted by Crippen LogP contribution is -2.37. The van der Waals surface area contributed by atoms with Crippen LogP contribution in [0.4, 0.5) is 9.59 Å². The number of hydrogen-bond acceptors (Lipinski definition) is 6. The second-order valence-corrected chi connectivity index (χ2v) is 17.2. The Morgan fingerprint density at radius 1 is 0.815 bits per heavy atom. The van der Waals surface area contributed by atoms with Gasteiger partial charge in [-0.05, 0) is 107 Å². The van der Waals surface area contributed by atoms with E-state index >= 15 is 0 Å². The molecule has 3 aliphatic rings. The fourth-order valence-corrected chi connectivity index (χ4v) is 7.43. The number of benzene rings is 1. The van der Waals surface area contributed by atoms with Gasteiger partial charge in [0.2, 0.25) is 0 Å². The fraction of sp³-hybridized carbons (Fsp3) is 0.442. The third-order valence-electron chi connectivity index (χ3n) is 9.59. The van der Waals surface area contributed by atoms with E-state index in [1.807, 2.05) is 59.9 Å². The number of amides is 2. The first kappa shape index (κ1) is 38.9. The summed E-state index contributed by atoms with van der Waals surface area (Å²) in [6.45, 7) is 21.1. The van der Waals surface area contributed by atoms with E-state index in [0.717, 1.165) is 52.2 Å². The molecule has 4 atom stereocenters. The van der Waals surface area contributed by atoms with Gasteiger partial charge in [-0.2, -0.15) is 0 Å². The van der Waals surface area contributed by atoms with Crippen molar-refractivity contribution >= 4 is 34.9 Å². The maximum absolute atomic E-state index is 13.1. The van der Waals surface area contributed by atoms with Gasteiger partial charge in [0.15, 0.2) is 5.15 Å². The van der Waals surface area contributed by atoms with E-state index in [-0.39, 0.29) is 24.3 Å². The van der Waals surface area contributed by atoms with Crippen molar-refractivity contribution in [3.8, 4) is 11.3 Å². The van der Waals surface area contributed by atoms with Crippen molar-refractivity contribution in [1.29, 1.82) is 0 Å². The summed E-state index contributed by atoms with van der Waals surface area (Å²) in [6, 6.07) is 7.93. The minimum absolute atomic E-state index is 0.160. The highest BCUT2D eigenvalue weighted by Crippen LogP contribution is 2.38. The van der Waals surface area contributed by atoms with Crippen molar-refractivity contribution in [2.24, 2.45) is 11.8 Å². The first-order valence-corrected chi connectivity index (χ1v) is 19.2. The van der Waals surface area contributed by atoms with Crippen molar-refractivity contribution in [2.45, 2.75) is 97.9 Å². The summed E-state index contributed by atoms with van der Waals surface area (Å²) in [5.41, 5.74) is 5.24. The lowest BCUT2D eigenvalue weighted by Gasteiger charge is -2.27. The van der Waals surface area contributed by atoms with E-state index in [2.05, 4.69) is 83.9 Å². The van der Waals surface area contributed by atoms with Gasteiger partial charge in [0.25, 0.3) is 0 Å². The van der Waals surface area contributed by atoms with Crippen molar-refractivity contribution in [3.63, 3.8) is 0 Å². The molecule has 2 N–H and O–H groups in total. The minimum Gasteiger partial charge on any atom is -0.444 e. The van der Waals surface area contributed by atoms with E-state index in [4.69, 9.17) is 26.1 Å². The molecule has 2 fully saturated rings. The summed E-state index contributed by atoms with van der Waals surface area (Å²) in [4.78, 5) is 45.9. The average Bonchev–Trinajstić information content (AvgIpc) is 3.88. The number of carbonyl (C=O) groups excluding carboxylic acids is 2. The van der Waals surface area contributed by atoms with E-state index in [1.165, 1.54) is 0 Å². The monoisotopic (exact) mass is 752 g/mol. The van der Waals surface area contributed by atoms with Crippen LogP contribution in [-0.2, 0) is 9.47 Å². The molecule has 1 aromatic carbocycles. The first-order valence-electron chi connectivity index (χ1n) is 18.8. The molecule has 0 radical (unpaired) electrons. The van der Waals surface area contributed by atoms with Crippen molar-refractivity contribution in [2.75, 3.05) is 13.1 Å². The largest absolute Gasteiger partial charge is 0.444 e. The number of halogens is 1. The molecule has 2 amide bonds. The number of nitrogens with one attached hydrogen (secondary N) is 2. The summed E-state index contributed by atoms with van der Waals surface area (Å²) >= 11 is 6.74. The van der Waals surface area contributed by atoms with Gasteiger partial charge in [0.1, 0.15) is 22.9 Å². The number of allylic oxidation sites excluding steroid dienone is 9. The molecule has 2 aliphatic heterocycles. The summed E-state index contributed by atoms with van der Waals surface area (Å²) < 4.78 is 11.4. The van der Waals surface area contributed by atoms with Crippen LogP contribution in [0.1, 0.15) is 110 Å². The predicted octanol–water partition coefficient (Wildman–Crippen LogP) is 10.6. The Hall–Kier alpha value is -4.83. The minimum atomic E-state index is -0.590. The Kier molecular flexibility index (Phi) is 11.2. The van der Waals surface area contributed by atoms with Crippen LogP contribution in [0.25, 0.3) is 22.4 Å². The Balaban J connectivity index is 1.15. The number of hydrogen-bond donors (Lipinski definition) is 2. The van der Waals surface area contributed by atoms with Crippen LogP contribution in [0, 0.1) is 11.8 Å². The molecule has 1 aliphatic carbocycles. The normalized spacial score (nSPS) is 25.5. The van der Waals surface area contributed by atoms with Gasteiger partial charge < -0.3 is 19.4 Å². The van der Waals surface area contributed by atoms with E-state index < -0.39 is 11.2 Å². The number of likely N-dealkylation sites (tertiary alicyclic amines) is 2. The molecule has 11 heteroatoms. The molecular formula is C43H53ClN6O4. The van der Waals surface area contributed by atoms with Gasteiger partial charge in [-0.25, -0.2) is 19.6 Å². The number of aromatic amines is 2. The summed E-state index contributed by atoms with van der Waals surface area (Å²) in [6.07, 6.45) is 15.8. The summed E-state index contributed by atoms with van der Waals surface area (Å²) in [5.74, 6) is 2.07. The number of H-pyrrole nitrogens is 2. The van der Waals surface area contributed by atoms with Crippen LogP contribution < -0.4 is 0 Å². The van der Waals surface area contributed by atoms with E-state index in [9.17, 15) is 9.59 Å². The molecule has 2 aromatic heterocycles. The molecule has 10 nitrogen and oxygen atoms in total. The lowest BCUT2D eigenvalue weighted by atomic mass is 9.99. The zero-order valence-corrected chi connectivity index (χ0v) is 33.5. The van der Waals surface area contributed by atoms with Crippen LogP contribution in [0.3, 0.4) is 0 Å². The third-order valence-corrected chi connectivity index (χ3v) is 9.86. The number of imidazole rings is 2.